The number of aromatic nitrogens is 2. The topological polar surface area (TPSA) is 78.5 Å². The summed E-state index contributed by atoms with van der Waals surface area (Å²) in [5.41, 5.74) is 2.35. The van der Waals surface area contributed by atoms with Crippen molar-refractivity contribution >= 4 is 23.2 Å². The lowest BCUT2D eigenvalue weighted by atomic mass is 10.1. The second kappa shape index (κ2) is 8.45. The van der Waals surface area contributed by atoms with Crippen LogP contribution in [0.2, 0.25) is 0 Å². The Morgan fingerprint density at radius 1 is 1.39 bits per heavy atom. The van der Waals surface area contributed by atoms with Gasteiger partial charge in [0.1, 0.15) is 0 Å². The number of aryl methyl sites for hydroxylation is 1. The number of amides is 1. The van der Waals surface area contributed by atoms with Gasteiger partial charge in [-0.15, -0.1) is 0 Å². The van der Waals surface area contributed by atoms with Gasteiger partial charge >= 0.3 is 0 Å². The second-order valence-electron chi connectivity index (χ2n) is 7.44. The lowest BCUT2D eigenvalue weighted by molar-refractivity contribution is -0.132. The number of morpholine rings is 1. The number of rotatable bonds is 7. The van der Waals surface area contributed by atoms with E-state index in [1.165, 1.54) is 5.56 Å². The summed E-state index contributed by atoms with van der Waals surface area (Å²) in [6.07, 6.45) is 2.91. The van der Waals surface area contributed by atoms with Crippen molar-refractivity contribution in [2.45, 2.75) is 45.2 Å². The SMILES string of the molecule is Cc1nc(N2CCOCC2)[nH]c(=O)c1CCC(=O)N(Cc1ccsc1)C1CC1. The zero-order valence-electron chi connectivity index (χ0n) is 16.1. The Kier molecular flexibility index (Phi) is 5.77. The summed E-state index contributed by atoms with van der Waals surface area (Å²) < 4.78 is 5.35. The number of H-pyrrole nitrogens is 1. The number of aromatic amines is 1. The van der Waals surface area contributed by atoms with Crippen molar-refractivity contribution in [2.75, 3.05) is 31.2 Å². The Bertz CT molecular complexity index is 870. The Hall–Kier alpha value is -2.19. The van der Waals surface area contributed by atoms with Gasteiger partial charge in [0.25, 0.3) is 5.56 Å². The van der Waals surface area contributed by atoms with Gasteiger partial charge in [-0.2, -0.15) is 11.3 Å². The molecule has 2 aliphatic rings. The molecule has 28 heavy (non-hydrogen) atoms. The number of ether oxygens (including phenoxy) is 1. The van der Waals surface area contributed by atoms with E-state index in [1.807, 2.05) is 22.1 Å². The fraction of sp³-hybridized carbons (Fsp3) is 0.550. The molecule has 1 saturated heterocycles. The lowest BCUT2D eigenvalue weighted by Gasteiger charge is -2.27. The van der Waals surface area contributed by atoms with Crippen LogP contribution in [-0.4, -0.2) is 53.1 Å². The van der Waals surface area contributed by atoms with Crippen LogP contribution in [-0.2, 0) is 22.5 Å². The van der Waals surface area contributed by atoms with Crippen LogP contribution in [0.5, 0.6) is 0 Å². The molecule has 0 unspecified atom stereocenters. The standard InChI is InChI=1S/C20H26N4O3S/c1-14-17(19(26)22-20(21-14)23-7-9-27-10-8-23)4-5-18(25)24(16-2-3-16)12-15-6-11-28-13-15/h6,11,13,16H,2-5,7-10,12H2,1H3,(H,21,22,26). The molecule has 150 valence electrons. The monoisotopic (exact) mass is 402 g/mol. The largest absolute Gasteiger partial charge is 0.378 e. The zero-order chi connectivity index (χ0) is 19.5. The number of anilines is 1. The van der Waals surface area contributed by atoms with Crippen LogP contribution in [0.15, 0.2) is 21.6 Å². The molecular formula is C20H26N4O3S. The molecule has 1 N–H and O–H groups in total. The molecule has 8 heteroatoms. The third kappa shape index (κ3) is 4.44. The Labute approximate surface area is 168 Å². The van der Waals surface area contributed by atoms with Gasteiger partial charge in [-0.25, -0.2) is 4.98 Å². The van der Waals surface area contributed by atoms with Gasteiger partial charge in [-0.05, 0) is 48.6 Å². The molecule has 3 heterocycles. The van der Waals surface area contributed by atoms with Gasteiger partial charge in [-0.3, -0.25) is 14.6 Å². The lowest BCUT2D eigenvalue weighted by Crippen LogP contribution is -2.39. The van der Waals surface area contributed by atoms with Crippen molar-refractivity contribution < 1.29 is 9.53 Å². The molecule has 2 fully saturated rings. The molecule has 2 aromatic rings. The minimum Gasteiger partial charge on any atom is -0.378 e. The van der Waals surface area contributed by atoms with Crippen molar-refractivity contribution in [1.82, 2.24) is 14.9 Å². The van der Waals surface area contributed by atoms with E-state index in [0.717, 1.165) is 25.9 Å². The van der Waals surface area contributed by atoms with Crippen molar-refractivity contribution in [3.8, 4) is 0 Å². The Morgan fingerprint density at radius 3 is 2.82 bits per heavy atom. The first kappa shape index (κ1) is 19.1. The smallest absolute Gasteiger partial charge is 0.255 e. The maximum atomic E-state index is 12.8. The fourth-order valence-corrected chi connectivity index (χ4v) is 4.24. The third-order valence-corrected chi connectivity index (χ3v) is 6.08. The molecule has 1 amide bonds. The molecular weight excluding hydrogens is 376 g/mol. The number of thiophene rings is 1. The third-order valence-electron chi connectivity index (χ3n) is 5.35. The molecule has 1 aliphatic heterocycles. The zero-order valence-corrected chi connectivity index (χ0v) is 17.0. The first-order chi connectivity index (χ1) is 13.6. The summed E-state index contributed by atoms with van der Waals surface area (Å²) in [6, 6.07) is 2.42. The molecule has 1 saturated carbocycles. The summed E-state index contributed by atoms with van der Waals surface area (Å²) >= 11 is 1.65. The quantitative estimate of drug-likeness (QED) is 0.767. The highest BCUT2D eigenvalue weighted by Gasteiger charge is 2.32. The van der Waals surface area contributed by atoms with Crippen molar-refractivity contribution in [3.63, 3.8) is 0 Å². The average Bonchev–Trinajstić information content (AvgIpc) is 3.41. The number of nitrogens with one attached hydrogen (secondary N) is 1. The highest BCUT2D eigenvalue weighted by Crippen LogP contribution is 2.29. The Balaban J connectivity index is 1.42. The summed E-state index contributed by atoms with van der Waals surface area (Å²) in [5, 5.41) is 4.13. The van der Waals surface area contributed by atoms with Crippen LogP contribution in [0.3, 0.4) is 0 Å². The summed E-state index contributed by atoms with van der Waals surface area (Å²) in [5.74, 6) is 0.711. The van der Waals surface area contributed by atoms with E-state index in [4.69, 9.17) is 4.74 Å². The van der Waals surface area contributed by atoms with Crippen LogP contribution < -0.4 is 10.5 Å². The van der Waals surface area contributed by atoms with E-state index < -0.39 is 0 Å². The van der Waals surface area contributed by atoms with E-state index in [1.54, 1.807) is 11.3 Å². The maximum Gasteiger partial charge on any atom is 0.255 e. The van der Waals surface area contributed by atoms with Crippen molar-refractivity contribution in [1.29, 1.82) is 0 Å². The van der Waals surface area contributed by atoms with Gasteiger partial charge in [0.15, 0.2) is 0 Å². The first-order valence-corrected chi connectivity index (χ1v) is 10.8. The number of carbonyl (C=O) groups is 1. The first-order valence-electron chi connectivity index (χ1n) is 9.85. The normalized spacial score (nSPS) is 17.0. The van der Waals surface area contributed by atoms with E-state index in [-0.39, 0.29) is 11.5 Å². The van der Waals surface area contributed by atoms with Gasteiger partial charge in [0.05, 0.1) is 13.2 Å². The number of nitrogens with zero attached hydrogens (tertiary/aromatic N) is 3. The van der Waals surface area contributed by atoms with E-state index >= 15 is 0 Å². The van der Waals surface area contributed by atoms with Crippen LogP contribution in [0, 0.1) is 6.92 Å². The molecule has 4 rings (SSSR count). The van der Waals surface area contributed by atoms with Gasteiger partial charge in [0.2, 0.25) is 11.9 Å². The number of hydrogen-bond donors (Lipinski definition) is 1. The van der Waals surface area contributed by atoms with E-state index in [0.29, 0.717) is 55.8 Å². The Morgan fingerprint density at radius 2 is 2.18 bits per heavy atom. The fourth-order valence-electron chi connectivity index (χ4n) is 3.58. The second-order valence-corrected chi connectivity index (χ2v) is 8.22. The van der Waals surface area contributed by atoms with Gasteiger partial charge in [0, 0.05) is 43.4 Å². The molecule has 2 aromatic heterocycles. The molecule has 0 atom stereocenters. The van der Waals surface area contributed by atoms with Crippen molar-refractivity contribution in [2.24, 2.45) is 0 Å². The molecule has 7 nitrogen and oxygen atoms in total. The van der Waals surface area contributed by atoms with Gasteiger partial charge in [-0.1, -0.05) is 0 Å². The highest BCUT2D eigenvalue weighted by atomic mass is 32.1. The van der Waals surface area contributed by atoms with Gasteiger partial charge < -0.3 is 14.5 Å². The summed E-state index contributed by atoms with van der Waals surface area (Å²) in [4.78, 5) is 36.9. The number of carbonyl (C=O) groups excluding carboxylic acids is 1. The van der Waals surface area contributed by atoms with E-state index in [9.17, 15) is 9.59 Å². The minimum atomic E-state index is -0.141. The van der Waals surface area contributed by atoms with Crippen LogP contribution in [0.1, 0.15) is 36.1 Å². The van der Waals surface area contributed by atoms with Crippen molar-refractivity contribution in [3.05, 3.63) is 44.0 Å². The molecule has 1 aliphatic carbocycles. The summed E-state index contributed by atoms with van der Waals surface area (Å²) in [7, 11) is 0. The van der Waals surface area contributed by atoms with Crippen LogP contribution >= 0.6 is 11.3 Å². The maximum absolute atomic E-state index is 12.8. The number of hydrogen-bond acceptors (Lipinski definition) is 6. The van der Waals surface area contributed by atoms with Crippen LogP contribution in [0.4, 0.5) is 5.95 Å². The molecule has 0 aromatic carbocycles. The molecule has 0 radical (unpaired) electrons. The highest BCUT2D eigenvalue weighted by molar-refractivity contribution is 7.07. The van der Waals surface area contributed by atoms with Crippen LogP contribution in [0.25, 0.3) is 0 Å². The van der Waals surface area contributed by atoms with E-state index in [2.05, 4.69) is 21.4 Å². The molecule has 0 spiro atoms. The predicted octanol–water partition coefficient (Wildman–Crippen LogP) is 2.10. The summed E-state index contributed by atoms with van der Waals surface area (Å²) in [6.45, 7) is 5.23. The minimum absolute atomic E-state index is 0.116. The molecule has 0 bridgehead atoms. The average molecular weight is 403 g/mol. The predicted molar refractivity (Wildman–Crippen MR) is 109 cm³/mol.